The molecule has 1 aliphatic rings. The van der Waals surface area contributed by atoms with Gasteiger partial charge in [0.2, 0.25) is 0 Å². The number of rotatable bonds is 4. The smallest absolute Gasteiger partial charge is 0.129 e. The molecular formula is C11H15BrN2. The van der Waals surface area contributed by atoms with Gasteiger partial charge in [-0.25, -0.2) is 4.98 Å². The molecule has 1 aromatic heterocycles. The monoisotopic (exact) mass is 254 g/mol. The quantitative estimate of drug-likeness (QED) is 0.768. The van der Waals surface area contributed by atoms with Crippen LogP contribution in [0.4, 0.5) is 5.82 Å². The van der Waals surface area contributed by atoms with Crippen LogP contribution in [0, 0.1) is 5.92 Å². The second-order valence-corrected chi connectivity index (χ2v) is 4.61. The molecule has 0 unspecified atom stereocenters. The van der Waals surface area contributed by atoms with Gasteiger partial charge in [0, 0.05) is 13.1 Å². The molecule has 14 heavy (non-hydrogen) atoms. The summed E-state index contributed by atoms with van der Waals surface area (Å²) in [5.74, 6) is 2.00. The highest BCUT2D eigenvalue weighted by atomic mass is 79.9. The van der Waals surface area contributed by atoms with Crippen LogP contribution < -0.4 is 4.90 Å². The van der Waals surface area contributed by atoms with Gasteiger partial charge in [-0.15, -0.1) is 0 Å². The molecule has 0 spiro atoms. The second-order valence-electron chi connectivity index (χ2n) is 3.80. The Kier molecular flexibility index (Phi) is 3.06. The second kappa shape index (κ2) is 4.30. The van der Waals surface area contributed by atoms with E-state index in [0.29, 0.717) is 0 Å². The van der Waals surface area contributed by atoms with Gasteiger partial charge in [0.1, 0.15) is 10.4 Å². The van der Waals surface area contributed by atoms with Crippen molar-refractivity contribution in [3.8, 4) is 0 Å². The highest BCUT2D eigenvalue weighted by molar-refractivity contribution is 9.10. The topological polar surface area (TPSA) is 16.1 Å². The Morgan fingerprint density at radius 3 is 2.86 bits per heavy atom. The fraction of sp³-hybridized carbons (Fsp3) is 0.545. The van der Waals surface area contributed by atoms with E-state index < -0.39 is 0 Å². The summed E-state index contributed by atoms with van der Waals surface area (Å²) < 4.78 is 0.921. The van der Waals surface area contributed by atoms with Gasteiger partial charge < -0.3 is 4.90 Å². The first-order valence-electron chi connectivity index (χ1n) is 5.17. The first-order valence-corrected chi connectivity index (χ1v) is 5.96. The molecular weight excluding hydrogens is 240 g/mol. The third-order valence-electron chi connectivity index (χ3n) is 2.58. The van der Waals surface area contributed by atoms with Crippen LogP contribution in [-0.2, 0) is 0 Å². The average Bonchev–Trinajstić information content (AvgIpc) is 2.98. The maximum atomic E-state index is 4.47. The molecule has 2 rings (SSSR count). The molecule has 1 heterocycles. The Hall–Kier alpha value is -0.570. The predicted octanol–water partition coefficient (Wildman–Crippen LogP) is 3.08. The molecule has 0 aliphatic heterocycles. The molecule has 0 N–H and O–H groups in total. The van der Waals surface area contributed by atoms with E-state index in [9.17, 15) is 0 Å². The van der Waals surface area contributed by atoms with Crippen molar-refractivity contribution in [2.75, 3.05) is 18.0 Å². The summed E-state index contributed by atoms with van der Waals surface area (Å²) >= 11 is 3.40. The number of halogens is 1. The Labute approximate surface area is 93.5 Å². The minimum absolute atomic E-state index is 0.913. The molecule has 76 valence electrons. The van der Waals surface area contributed by atoms with Crippen LogP contribution in [-0.4, -0.2) is 18.1 Å². The normalized spacial score (nSPS) is 15.6. The van der Waals surface area contributed by atoms with Crippen molar-refractivity contribution >= 4 is 21.7 Å². The van der Waals surface area contributed by atoms with Crippen LogP contribution in [0.3, 0.4) is 0 Å². The highest BCUT2D eigenvalue weighted by Gasteiger charge is 2.24. The summed E-state index contributed by atoms with van der Waals surface area (Å²) in [5.41, 5.74) is 0. The molecule has 0 radical (unpaired) electrons. The van der Waals surface area contributed by atoms with Crippen LogP contribution in [0.15, 0.2) is 22.8 Å². The van der Waals surface area contributed by atoms with E-state index in [1.54, 1.807) is 0 Å². The fourth-order valence-corrected chi connectivity index (χ4v) is 1.90. The SMILES string of the molecule is CCN(CC1CC1)c1cccc(Br)n1. The Balaban J connectivity index is 2.08. The third-order valence-corrected chi connectivity index (χ3v) is 3.02. The van der Waals surface area contributed by atoms with Crippen LogP contribution >= 0.6 is 15.9 Å². The molecule has 1 saturated carbocycles. The van der Waals surface area contributed by atoms with Gasteiger partial charge in [-0.2, -0.15) is 0 Å². The maximum absolute atomic E-state index is 4.47. The van der Waals surface area contributed by atoms with E-state index in [4.69, 9.17) is 0 Å². The van der Waals surface area contributed by atoms with E-state index in [0.717, 1.165) is 22.9 Å². The predicted molar refractivity (Wildman–Crippen MR) is 62.5 cm³/mol. The van der Waals surface area contributed by atoms with Gasteiger partial charge in [-0.05, 0) is 53.7 Å². The van der Waals surface area contributed by atoms with E-state index in [1.807, 2.05) is 12.1 Å². The molecule has 0 bridgehead atoms. The number of aromatic nitrogens is 1. The molecule has 0 aromatic carbocycles. The third kappa shape index (κ3) is 2.47. The summed E-state index contributed by atoms with van der Waals surface area (Å²) in [7, 11) is 0. The van der Waals surface area contributed by atoms with Gasteiger partial charge in [0.15, 0.2) is 0 Å². The van der Waals surface area contributed by atoms with Crippen molar-refractivity contribution in [3.05, 3.63) is 22.8 Å². The van der Waals surface area contributed by atoms with Gasteiger partial charge in [0.05, 0.1) is 0 Å². The standard InChI is InChI=1S/C11H15BrN2/c1-2-14(8-9-6-7-9)11-5-3-4-10(12)13-11/h3-5,9H,2,6-8H2,1H3. The summed E-state index contributed by atoms with van der Waals surface area (Å²) in [6.07, 6.45) is 2.79. The first kappa shape index (κ1) is 9.97. The van der Waals surface area contributed by atoms with Crippen molar-refractivity contribution in [3.63, 3.8) is 0 Å². The first-order chi connectivity index (χ1) is 6.79. The summed E-state index contributed by atoms with van der Waals surface area (Å²) in [6, 6.07) is 6.09. The number of hydrogen-bond acceptors (Lipinski definition) is 2. The minimum Gasteiger partial charge on any atom is -0.357 e. The number of hydrogen-bond donors (Lipinski definition) is 0. The summed E-state index contributed by atoms with van der Waals surface area (Å²) in [4.78, 5) is 6.82. The van der Waals surface area contributed by atoms with Crippen LogP contribution in [0.5, 0.6) is 0 Å². The summed E-state index contributed by atoms with van der Waals surface area (Å²) in [5, 5.41) is 0. The average molecular weight is 255 g/mol. The number of nitrogens with zero attached hydrogens (tertiary/aromatic N) is 2. The van der Waals surface area contributed by atoms with Crippen molar-refractivity contribution < 1.29 is 0 Å². The van der Waals surface area contributed by atoms with E-state index in [-0.39, 0.29) is 0 Å². The lowest BCUT2D eigenvalue weighted by Crippen LogP contribution is -2.26. The zero-order chi connectivity index (χ0) is 9.97. The molecule has 0 atom stereocenters. The van der Waals surface area contributed by atoms with Crippen molar-refractivity contribution in [2.45, 2.75) is 19.8 Å². The fourth-order valence-electron chi connectivity index (χ4n) is 1.57. The van der Waals surface area contributed by atoms with Crippen LogP contribution in [0.2, 0.25) is 0 Å². The number of pyridine rings is 1. The molecule has 1 aliphatic carbocycles. The Morgan fingerprint density at radius 1 is 1.50 bits per heavy atom. The molecule has 0 amide bonds. The van der Waals surface area contributed by atoms with Crippen molar-refractivity contribution in [2.24, 2.45) is 5.92 Å². The van der Waals surface area contributed by atoms with Gasteiger partial charge in [-0.3, -0.25) is 0 Å². The molecule has 3 heteroatoms. The Morgan fingerprint density at radius 2 is 2.29 bits per heavy atom. The molecule has 0 saturated heterocycles. The minimum atomic E-state index is 0.913. The van der Waals surface area contributed by atoms with E-state index >= 15 is 0 Å². The number of anilines is 1. The molecule has 2 nitrogen and oxygen atoms in total. The van der Waals surface area contributed by atoms with Gasteiger partial charge in [-0.1, -0.05) is 6.07 Å². The van der Waals surface area contributed by atoms with Crippen LogP contribution in [0.1, 0.15) is 19.8 Å². The van der Waals surface area contributed by atoms with Gasteiger partial charge >= 0.3 is 0 Å². The lowest BCUT2D eigenvalue weighted by molar-refractivity contribution is 0.731. The lowest BCUT2D eigenvalue weighted by atomic mass is 10.3. The van der Waals surface area contributed by atoms with Gasteiger partial charge in [0.25, 0.3) is 0 Å². The largest absolute Gasteiger partial charge is 0.357 e. The Bertz CT molecular complexity index is 310. The van der Waals surface area contributed by atoms with Crippen molar-refractivity contribution in [1.82, 2.24) is 4.98 Å². The lowest BCUT2D eigenvalue weighted by Gasteiger charge is -2.21. The molecule has 1 fully saturated rings. The maximum Gasteiger partial charge on any atom is 0.129 e. The zero-order valence-electron chi connectivity index (χ0n) is 8.41. The molecule has 1 aromatic rings. The van der Waals surface area contributed by atoms with E-state index in [2.05, 4.69) is 38.8 Å². The van der Waals surface area contributed by atoms with Crippen molar-refractivity contribution in [1.29, 1.82) is 0 Å². The van der Waals surface area contributed by atoms with E-state index in [1.165, 1.54) is 19.4 Å². The van der Waals surface area contributed by atoms with Crippen LogP contribution in [0.25, 0.3) is 0 Å². The highest BCUT2D eigenvalue weighted by Crippen LogP contribution is 2.31. The zero-order valence-corrected chi connectivity index (χ0v) is 10.00. The summed E-state index contributed by atoms with van der Waals surface area (Å²) in [6.45, 7) is 4.39.